The van der Waals surface area contributed by atoms with Gasteiger partial charge in [0.05, 0.1) is 19.0 Å². The number of aryl methyl sites for hydroxylation is 1. The predicted molar refractivity (Wildman–Crippen MR) is 206 cm³/mol. The van der Waals surface area contributed by atoms with E-state index in [9.17, 15) is 24.3 Å². The lowest BCUT2D eigenvalue weighted by Crippen LogP contribution is -2.30. The number of carbonyl (C=O) groups excluding carboxylic acids is 4. The van der Waals surface area contributed by atoms with Crippen molar-refractivity contribution < 1.29 is 33.8 Å². The molecular formula is C40H37N3O7S2. The van der Waals surface area contributed by atoms with Gasteiger partial charge in [-0.1, -0.05) is 54.1 Å². The van der Waals surface area contributed by atoms with Gasteiger partial charge in [-0.3, -0.25) is 14.4 Å². The van der Waals surface area contributed by atoms with Gasteiger partial charge in [0.15, 0.2) is 0 Å². The molecule has 266 valence electrons. The molecule has 1 aromatic heterocycles. The standard InChI is InChI=1S/C40H37N3O7S2/c1-5-50-40(48)35-32(26-16-14-24(2)15-17-26)23-51-39(35)43-36(45)25(3)52-31-13-9-12-29(21-31)41-38(47)33(42-37(46)27-10-7-6-8-11-27)20-28-18-19-30(44)22-34(28)49-4/h6-23,25,44H,5H2,1-4H3,(H,41,47)(H,42,46)(H,43,45)/b33-20+. The second kappa shape index (κ2) is 17.4. The average molecular weight is 736 g/mol. The van der Waals surface area contributed by atoms with Gasteiger partial charge in [-0.05, 0) is 74.9 Å². The van der Waals surface area contributed by atoms with Crippen molar-refractivity contribution in [1.29, 1.82) is 0 Å². The second-order valence-electron chi connectivity index (χ2n) is 11.5. The van der Waals surface area contributed by atoms with Gasteiger partial charge in [-0.2, -0.15) is 0 Å². The Bertz CT molecular complexity index is 2110. The van der Waals surface area contributed by atoms with Crippen molar-refractivity contribution >= 4 is 63.6 Å². The molecule has 0 aliphatic carbocycles. The van der Waals surface area contributed by atoms with Gasteiger partial charge in [0.2, 0.25) is 5.91 Å². The van der Waals surface area contributed by atoms with Crippen molar-refractivity contribution in [1.82, 2.24) is 5.32 Å². The van der Waals surface area contributed by atoms with Gasteiger partial charge in [0.1, 0.15) is 27.8 Å². The van der Waals surface area contributed by atoms with Crippen molar-refractivity contribution in [2.24, 2.45) is 0 Å². The number of ether oxygens (including phenoxy) is 2. The lowest BCUT2D eigenvalue weighted by molar-refractivity contribution is -0.115. The van der Waals surface area contributed by atoms with E-state index < -0.39 is 23.0 Å². The van der Waals surface area contributed by atoms with Crippen molar-refractivity contribution in [3.8, 4) is 22.6 Å². The van der Waals surface area contributed by atoms with Gasteiger partial charge in [-0.25, -0.2) is 4.79 Å². The predicted octanol–water partition coefficient (Wildman–Crippen LogP) is 8.14. The van der Waals surface area contributed by atoms with Gasteiger partial charge in [-0.15, -0.1) is 23.1 Å². The molecule has 0 radical (unpaired) electrons. The number of aromatic hydroxyl groups is 1. The number of hydrogen-bond acceptors (Lipinski definition) is 9. The Balaban J connectivity index is 1.32. The van der Waals surface area contributed by atoms with Crippen LogP contribution in [0.15, 0.2) is 113 Å². The van der Waals surface area contributed by atoms with E-state index in [1.54, 1.807) is 68.4 Å². The number of thiophene rings is 1. The van der Waals surface area contributed by atoms with Gasteiger partial charge in [0, 0.05) is 38.7 Å². The molecule has 0 spiro atoms. The number of carbonyl (C=O) groups is 4. The first-order valence-electron chi connectivity index (χ1n) is 16.3. The first-order valence-corrected chi connectivity index (χ1v) is 18.0. The SMILES string of the molecule is CCOC(=O)c1c(-c2ccc(C)cc2)csc1NC(=O)C(C)Sc1cccc(NC(=O)/C(=C\c2ccc(O)cc2OC)NC(=O)c2ccccc2)c1. The Morgan fingerprint density at radius 3 is 2.38 bits per heavy atom. The van der Waals surface area contributed by atoms with E-state index in [2.05, 4.69) is 16.0 Å². The number of nitrogens with one attached hydrogen (secondary N) is 3. The summed E-state index contributed by atoms with van der Waals surface area (Å²) in [5, 5.41) is 20.0. The molecule has 4 N–H and O–H groups in total. The molecule has 0 fully saturated rings. The maximum Gasteiger partial charge on any atom is 0.341 e. The molecule has 4 aromatic carbocycles. The van der Waals surface area contributed by atoms with E-state index in [1.165, 1.54) is 48.4 Å². The lowest BCUT2D eigenvalue weighted by atomic mass is 10.0. The average Bonchev–Trinajstić information content (AvgIpc) is 3.56. The molecule has 3 amide bonds. The third-order valence-electron chi connectivity index (χ3n) is 7.69. The molecule has 5 aromatic rings. The molecule has 1 heterocycles. The van der Waals surface area contributed by atoms with E-state index in [1.807, 2.05) is 42.6 Å². The van der Waals surface area contributed by atoms with E-state index >= 15 is 0 Å². The summed E-state index contributed by atoms with van der Waals surface area (Å²) in [4.78, 5) is 53.9. The summed E-state index contributed by atoms with van der Waals surface area (Å²) in [7, 11) is 1.43. The summed E-state index contributed by atoms with van der Waals surface area (Å²) >= 11 is 2.52. The third-order valence-corrected chi connectivity index (χ3v) is 9.68. The Labute approximate surface area is 309 Å². The lowest BCUT2D eigenvalue weighted by Gasteiger charge is -2.15. The van der Waals surface area contributed by atoms with Crippen LogP contribution in [0.1, 0.15) is 45.7 Å². The number of thioether (sulfide) groups is 1. The number of anilines is 2. The molecule has 10 nitrogen and oxygen atoms in total. The monoisotopic (exact) mass is 735 g/mol. The van der Waals surface area contributed by atoms with Crippen LogP contribution < -0.4 is 20.7 Å². The van der Waals surface area contributed by atoms with Crippen LogP contribution in [0.25, 0.3) is 17.2 Å². The quantitative estimate of drug-likeness (QED) is 0.0539. The Hall–Kier alpha value is -5.85. The van der Waals surface area contributed by atoms with E-state index in [0.717, 1.165) is 11.1 Å². The minimum atomic E-state index is -0.610. The van der Waals surface area contributed by atoms with Gasteiger partial charge >= 0.3 is 5.97 Å². The normalized spacial score (nSPS) is 11.7. The van der Waals surface area contributed by atoms with Crippen LogP contribution >= 0.6 is 23.1 Å². The second-order valence-corrected chi connectivity index (χ2v) is 13.8. The fraction of sp³-hybridized carbons (Fsp3) is 0.150. The Morgan fingerprint density at radius 1 is 0.923 bits per heavy atom. The van der Waals surface area contributed by atoms with Crippen LogP contribution in [-0.4, -0.2) is 47.8 Å². The number of phenols is 1. The van der Waals surface area contributed by atoms with Crippen LogP contribution in [-0.2, 0) is 14.3 Å². The van der Waals surface area contributed by atoms with Crippen molar-refractivity contribution in [2.45, 2.75) is 30.9 Å². The van der Waals surface area contributed by atoms with Crippen LogP contribution in [0.2, 0.25) is 0 Å². The summed E-state index contributed by atoms with van der Waals surface area (Å²) in [6, 6.07) is 27.6. The smallest absolute Gasteiger partial charge is 0.341 e. The molecule has 0 bridgehead atoms. The highest BCUT2D eigenvalue weighted by Crippen LogP contribution is 2.37. The molecular weight excluding hydrogens is 699 g/mol. The summed E-state index contributed by atoms with van der Waals surface area (Å²) in [6.07, 6.45) is 1.46. The summed E-state index contributed by atoms with van der Waals surface area (Å²) in [5.74, 6) is -1.66. The summed E-state index contributed by atoms with van der Waals surface area (Å²) in [6.45, 7) is 5.65. The number of esters is 1. The Morgan fingerprint density at radius 2 is 1.67 bits per heavy atom. The van der Waals surface area contributed by atoms with Crippen molar-refractivity contribution in [3.05, 3.63) is 130 Å². The minimum Gasteiger partial charge on any atom is -0.508 e. The number of methoxy groups -OCH3 is 1. The zero-order chi connectivity index (χ0) is 37.2. The van der Waals surface area contributed by atoms with E-state index in [0.29, 0.717) is 43.6 Å². The van der Waals surface area contributed by atoms with E-state index in [-0.39, 0.29) is 24.0 Å². The highest BCUT2D eigenvalue weighted by Gasteiger charge is 2.25. The number of benzene rings is 4. The highest BCUT2D eigenvalue weighted by molar-refractivity contribution is 8.00. The summed E-state index contributed by atoms with van der Waals surface area (Å²) in [5.41, 5.74) is 4.07. The zero-order valence-corrected chi connectivity index (χ0v) is 30.5. The fourth-order valence-electron chi connectivity index (χ4n) is 5.04. The van der Waals surface area contributed by atoms with Crippen LogP contribution in [0, 0.1) is 6.92 Å². The summed E-state index contributed by atoms with van der Waals surface area (Å²) < 4.78 is 10.7. The van der Waals surface area contributed by atoms with Gasteiger partial charge in [0.25, 0.3) is 11.8 Å². The largest absolute Gasteiger partial charge is 0.508 e. The van der Waals surface area contributed by atoms with Crippen LogP contribution in [0.4, 0.5) is 10.7 Å². The molecule has 0 saturated carbocycles. The molecule has 5 rings (SSSR count). The first kappa shape index (κ1) is 37.4. The number of hydrogen-bond donors (Lipinski definition) is 4. The van der Waals surface area contributed by atoms with Crippen molar-refractivity contribution in [2.75, 3.05) is 24.4 Å². The fourth-order valence-corrected chi connectivity index (χ4v) is 6.92. The molecule has 52 heavy (non-hydrogen) atoms. The molecule has 1 atom stereocenters. The molecule has 0 aliphatic heterocycles. The number of rotatable bonds is 13. The highest BCUT2D eigenvalue weighted by atomic mass is 32.2. The molecule has 0 saturated heterocycles. The first-order chi connectivity index (χ1) is 25.1. The maximum atomic E-state index is 13.7. The van der Waals surface area contributed by atoms with Gasteiger partial charge < -0.3 is 30.5 Å². The third kappa shape index (κ3) is 9.47. The van der Waals surface area contributed by atoms with Crippen LogP contribution in [0.3, 0.4) is 0 Å². The topological polar surface area (TPSA) is 143 Å². The molecule has 12 heteroatoms. The molecule has 0 aliphatic rings. The Kier molecular flexibility index (Phi) is 12.5. The number of phenolic OH excluding ortho intramolecular Hbond substituents is 1. The minimum absolute atomic E-state index is 0.0210. The van der Waals surface area contributed by atoms with Crippen molar-refractivity contribution in [3.63, 3.8) is 0 Å². The van der Waals surface area contributed by atoms with E-state index in [4.69, 9.17) is 9.47 Å². The maximum absolute atomic E-state index is 13.7. The zero-order valence-electron chi connectivity index (χ0n) is 28.9. The molecule has 1 unspecified atom stereocenters. The van der Waals surface area contributed by atoms with Crippen LogP contribution in [0.5, 0.6) is 11.5 Å². The number of amides is 3.